The van der Waals surface area contributed by atoms with Crippen LogP contribution in [0.3, 0.4) is 0 Å². The van der Waals surface area contributed by atoms with Gasteiger partial charge < -0.3 is 4.57 Å². The van der Waals surface area contributed by atoms with Gasteiger partial charge in [-0.25, -0.2) is 0 Å². The highest BCUT2D eigenvalue weighted by Gasteiger charge is 2.33. The highest BCUT2D eigenvalue weighted by molar-refractivity contribution is 14.1. The van der Waals surface area contributed by atoms with E-state index in [4.69, 9.17) is 0 Å². The van der Waals surface area contributed by atoms with Gasteiger partial charge in [-0.3, -0.25) is 4.79 Å². The Labute approximate surface area is 114 Å². The molecule has 0 saturated carbocycles. The Bertz CT molecular complexity index is 523. The molecule has 0 radical (unpaired) electrons. The van der Waals surface area contributed by atoms with Gasteiger partial charge in [-0.2, -0.15) is 0 Å². The fourth-order valence-corrected chi connectivity index (χ4v) is 5.19. The van der Waals surface area contributed by atoms with Crippen LogP contribution in [0.2, 0.25) is 0 Å². The van der Waals surface area contributed by atoms with Crippen LogP contribution in [0.5, 0.6) is 0 Å². The topological polar surface area (TPSA) is 34.1 Å². The summed E-state index contributed by atoms with van der Waals surface area (Å²) in [5.41, 5.74) is 0. The second kappa shape index (κ2) is 5.15. The standard InChI is InChI=1S/C13H10IO2P/c14-13(15)17(16,11-7-3-1-4-8-11)12-9-5-2-6-10-12/h1-10H. The molecular weight excluding hydrogens is 346 g/mol. The smallest absolute Gasteiger partial charge is 0.258 e. The number of halogens is 1. The fourth-order valence-electron chi connectivity index (χ4n) is 1.63. The van der Waals surface area contributed by atoms with E-state index in [1.807, 2.05) is 12.1 Å². The van der Waals surface area contributed by atoms with E-state index < -0.39 is 7.14 Å². The predicted octanol–water partition coefficient (Wildman–Crippen LogP) is 3.56. The average Bonchev–Trinajstić information content (AvgIpc) is 2.39. The molecule has 0 fully saturated rings. The highest BCUT2D eigenvalue weighted by atomic mass is 127. The van der Waals surface area contributed by atoms with Crippen LogP contribution < -0.4 is 10.6 Å². The molecular formula is C13H10IO2P. The average molecular weight is 356 g/mol. The van der Waals surface area contributed by atoms with Crippen LogP contribution in [0.25, 0.3) is 0 Å². The largest absolute Gasteiger partial charge is 0.305 e. The van der Waals surface area contributed by atoms with E-state index >= 15 is 0 Å². The number of hydrogen-bond acceptors (Lipinski definition) is 2. The van der Waals surface area contributed by atoms with Crippen LogP contribution in [-0.4, -0.2) is 3.53 Å². The molecule has 0 N–H and O–H groups in total. The van der Waals surface area contributed by atoms with E-state index in [0.717, 1.165) is 0 Å². The fraction of sp³-hybridized carbons (Fsp3) is 0. The SMILES string of the molecule is O=C(I)P(=O)(c1ccccc1)c1ccccc1. The van der Waals surface area contributed by atoms with Crippen molar-refractivity contribution in [2.24, 2.45) is 0 Å². The molecule has 86 valence electrons. The van der Waals surface area contributed by atoms with Crippen LogP contribution in [0.1, 0.15) is 0 Å². The summed E-state index contributed by atoms with van der Waals surface area (Å²) in [7, 11) is -3.15. The van der Waals surface area contributed by atoms with E-state index in [1.54, 1.807) is 71.1 Å². The predicted molar refractivity (Wildman–Crippen MR) is 79.2 cm³/mol. The molecule has 0 heterocycles. The van der Waals surface area contributed by atoms with Gasteiger partial charge in [0, 0.05) is 33.2 Å². The molecule has 2 nitrogen and oxygen atoms in total. The third-order valence-corrected chi connectivity index (χ3v) is 7.07. The van der Waals surface area contributed by atoms with E-state index in [2.05, 4.69) is 0 Å². The van der Waals surface area contributed by atoms with Gasteiger partial charge in [-0.1, -0.05) is 60.7 Å². The van der Waals surface area contributed by atoms with Crippen LogP contribution in [-0.2, 0) is 4.57 Å². The van der Waals surface area contributed by atoms with E-state index in [-0.39, 0.29) is 3.53 Å². The summed E-state index contributed by atoms with van der Waals surface area (Å²) in [5.74, 6) is 0. The summed E-state index contributed by atoms with van der Waals surface area (Å²) >= 11 is 1.63. The quantitative estimate of drug-likeness (QED) is 0.479. The minimum Gasteiger partial charge on any atom is -0.305 e. The maximum atomic E-state index is 13.0. The summed E-state index contributed by atoms with van der Waals surface area (Å²) in [5, 5.41) is 1.18. The van der Waals surface area contributed by atoms with Crippen molar-refractivity contribution in [1.82, 2.24) is 0 Å². The first-order chi connectivity index (χ1) is 8.15. The minimum atomic E-state index is -3.15. The third kappa shape index (κ3) is 2.35. The lowest BCUT2D eigenvalue weighted by molar-refractivity contribution is 0.277. The zero-order valence-corrected chi connectivity index (χ0v) is 12.0. The van der Waals surface area contributed by atoms with E-state index in [0.29, 0.717) is 10.6 Å². The number of benzene rings is 2. The van der Waals surface area contributed by atoms with E-state index in [9.17, 15) is 9.36 Å². The summed E-state index contributed by atoms with van der Waals surface area (Å²) in [6.45, 7) is 0. The molecule has 0 aliphatic heterocycles. The summed E-state index contributed by atoms with van der Waals surface area (Å²) in [6.07, 6.45) is 0. The lowest BCUT2D eigenvalue weighted by Gasteiger charge is -2.14. The lowest BCUT2D eigenvalue weighted by Crippen LogP contribution is -2.18. The van der Waals surface area contributed by atoms with Gasteiger partial charge in [0.05, 0.1) is 0 Å². The molecule has 0 unspecified atom stereocenters. The van der Waals surface area contributed by atoms with Crippen molar-refractivity contribution in [2.75, 3.05) is 0 Å². The Hall–Kier alpha value is -0.930. The highest BCUT2D eigenvalue weighted by Crippen LogP contribution is 2.47. The second-order valence-corrected chi connectivity index (χ2v) is 8.02. The van der Waals surface area contributed by atoms with Crippen LogP contribution in [0.4, 0.5) is 4.79 Å². The summed E-state index contributed by atoms with van der Waals surface area (Å²) < 4.78 is 12.6. The molecule has 2 rings (SSSR count). The van der Waals surface area contributed by atoms with E-state index in [1.165, 1.54) is 0 Å². The van der Waals surface area contributed by atoms with Crippen molar-refractivity contribution in [3.05, 3.63) is 60.7 Å². The maximum absolute atomic E-state index is 13.0. The first-order valence-electron chi connectivity index (χ1n) is 5.07. The summed E-state index contributed by atoms with van der Waals surface area (Å²) in [6, 6.07) is 17.8. The molecule has 4 heteroatoms. The van der Waals surface area contributed by atoms with Crippen molar-refractivity contribution in [3.63, 3.8) is 0 Å². The normalized spacial score (nSPS) is 11.1. The van der Waals surface area contributed by atoms with Crippen LogP contribution in [0, 0.1) is 0 Å². The maximum Gasteiger partial charge on any atom is 0.258 e. The molecule has 2 aromatic rings. The molecule has 2 aromatic carbocycles. The number of carbonyl (C=O) groups is 1. The van der Waals surface area contributed by atoms with Gasteiger partial charge in [0.25, 0.3) is 3.53 Å². The first-order valence-corrected chi connectivity index (χ1v) is 7.85. The van der Waals surface area contributed by atoms with Gasteiger partial charge in [-0.15, -0.1) is 0 Å². The van der Waals surface area contributed by atoms with Crippen molar-refractivity contribution >= 4 is 43.9 Å². The Morgan fingerprint density at radius 1 is 0.824 bits per heavy atom. The van der Waals surface area contributed by atoms with Gasteiger partial charge in [0.15, 0.2) is 0 Å². The molecule has 0 amide bonds. The Balaban J connectivity index is 2.64. The number of carbonyl (C=O) groups excluding carboxylic acids is 1. The molecule has 0 aliphatic rings. The van der Waals surface area contributed by atoms with Crippen molar-refractivity contribution < 1.29 is 9.36 Å². The van der Waals surface area contributed by atoms with Gasteiger partial charge >= 0.3 is 0 Å². The second-order valence-electron chi connectivity index (χ2n) is 3.53. The Morgan fingerprint density at radius 2 is 1.18 bits per heavy atom. The first kappa shape index (κ1) is 12.5. The molecule has 0 spiro atoms. The molecule has 17 heavy (non-hydrogen) atoms. The Morgan fingerprint density at radius 3 is 1.47 bits per heavy atom. The van der Waals surface area contributed by atoms with Crippen LogP contribution >= 0.6 is 29.7 Å². The molecule has 0 aromatic heterocycles. The van der Waals surface area contributed by atoms with Crippen molar-refractivity contribution in [1.29, 1.82) is 0 Å². The summed E-state index contributed by atoms with van der Waals surface area (Å²) in [4.78, 5) is 11.8. The molecule has 0 saturated heterocycles. The number of hydrogen-bond donors (Lipinski definition) is 0. The van der Waals surface area contributed by atoms with Crippen LogP contribution in [0.15, 0.2) is 60.7 Å². The zero-order valence-electron chi connectivity index (χ0n) is 8.92. The van der Waals surface area contributed by atoms with Gasteiger partial charge in [-0.05, 0) is 0 Å². The monoisotopic (exact) mass is 356 g/mol. The number of rotatable bonds is 3. The molecule has 0 atom stereocenters. The Kier molecular flexibility index (Phi) is 3.79. The lowest BCUT2D eigenvalue weighted by atomic mass is 10.4. The van der Waals surface area contributed by atoms with Gasteiger partial charge in [0.2, 0.25) is 7.14 Å². The molecule has 0 aliphatic carbocycles. The van der Waals surface area contributed by atoms with Gasteiger partial charge in [0.1, 0.15) is 0 Å². The zero-order chi connectivity index (χ0) is 12.3. The minimum absolute atomic E-state index is 0.312. The third-order valence-electron chi connectivity index (χ3n) is 2.49. The van der Waals surface area contributed by atoms with Crippen molar-refractivity contribution in [2.45, 2.75) is 0 Å². The molecule has 0 bridgehead atoms. The van der Waals surface area contributed by atoms with Crippen molar-refractivity contribution in [3.8, 4) is 0 Å².